The number of ether oxygens (including phenoxy) is 1. The molecule has 2 aromatic rings. The summed E-state index contributed by atoms with van der Waals surface area (Å²) < 4.78 is 30.6. The normalized spacial score (nSPS) is 15.0. The first-order valence-corrected chi connectivity index (χ1v) is 8.99. The van der Waals surface area contributed by atoms with E-state index in [1.807, 2.05) is 0 Å². The Morgan fingerprint density at radius 2 is 1.84 bits per heavy atom. The minimum absolute atomic E-state index is 0.0449. The Hall–Kier alpha value is -2.87. The maximum absolute atomic E-state index is 12.4. The van der Waals surface area contributed by atoms with E-state index in [2.05, 4.69) is 5.32 Å². The van der Waals surface area contributed by atoms with E-state index in [0.29, 0.717) is 11.4 Å². The molecule has 1 N–H and O–H groups in total. The molecule has 2 amide bonds. The number of nitrogens with one attached hydrogen (secondary N) is 1. The van der Waals surface area contributed by atoms with Crippen molar-refractivity contribution in [3.63, 3.8) is 0 Å². The third kappa shape index (κ3) is 2.85. The number of hydrogen-bond acceptors (Lipinski definition) is 5. The standard InChI is InChI=1S/C17H16N2O5S/c1-3-19-17(21)14-9-4-11(10-15(14)25(19,22)23)16(20)18-12-5-7-13(24-2)8-6-12/h4-10H,3H2,1-2H3,(H,18,20). The maximum atomic E-state index is 12.4. The second-order valence-electron chi connectivity index (χ2n) is 5.37. The zero-order valence-electron chi connectivity index (χ0n) is 13.6. The third-order valence-electron chi connectivity index (χ3n) is 3.90. The van der Waals surface area contributed by atoms with Gasteiger partial charge in [-0.25, -0.2) is 12.7 Å². The predicted octanol–water partition coefficient (Wildman–Crippen LogP) is 2.11. The summed E-state index contributed by atoms with van der Waals surface area (Å²) in [5, 5.41) is 2.68. The molecule has 7 nitrogen and oxygen atoms in total. The first kappa shape index (κ1) is 17.0. The summed E-state index contributed by atoms with van der Waals surface area (Å²) in [5.74, 6) is -0.384. The molecule has 0 unspecified atom stereocenters. The van der Waals surface area contributed by atoms with Crippen molar-refractivity contribution in [2.45, 2.75) is 11.8 Å². The molecule has 1 aliphatic rings. The van der Waals surface area contributed by atoms with E-state index in [9.17, 15) is 18.0 Å². The first-order valence-electron chi connectivity index (χ1n) is 7.55. The van der Waals surface area contributed by atoms with Crippen molar-refractivity contribution >= 4 is 27.5 Å². The van der Waals surface area contributed by atoms with Gasteiger partial charge in [0.2, 0.25) is 0 Å². The van der Waals surface area contributed by atoms with Crippen LogP contribution >= 0.6 is 0 Å². The van der Waals surface area contributed by atoms with Gasteiger partial charge in [0.25, 0.3) is 21.8 Å². The average molecular weight is 360 g/mol. The molecule has 0 bridgehead atoms. The summed E-state index contributed by atoms with van der Waals surface area (Å²) in [6.45, 7) is 1.63. The maximum Gasteiger partial charge on any atom is 0.268 e. The topological polar surface area (TPSA) is 92.8 Å². The summed E-state index contributed by atoms with van der Waals surface area (Å²) in [6.07, 6.45) is 0. The average Bonchev–Trinajstić information content (AvgIpc) is 2.81. The van der Waals surface area contributed by atoms with Gasteiger partial charge in [-0.15, -0.1) is 0 Å². The van der Waals surface area contributed by atoms with Crippen LogP contribution in [0.4, 0.5) is 5.69 Å². The van der Waals surface area contributed by atoms with Gasteiger partial charge in [0, 0.05) is 17.8 Å². The highest BCUT2D eigenvalue weighted by Crippen LogP contribution is 2.31. The van der Waals surface area contributed by atoms with Gasteiger partial charge in [-0.05, 0) is 49.4 Å². The van der Waals surface area contributed by atoms with Crippen LogP contribution in [0.15, 0.2) is 47.4 Å². The zero-order chi connectivity index (χ0) is 18.2. The van der Waals surface area contributed by atoms with E-state index >= 15 is 0 Å². The van der Waals surface area contributed by atoms with Gasteiger partial charge < -0.3 is 10.1 Å². The van der Waals surface area contributed by atoms with Crippen molar-refractivity contribution < 1.29 is 22.7 Å². The number of benzene rings is 2. The molecule has 0 aliphatic carbocycles. The van der Waals surface area contributed by atoms with E-state index in [1.165, 1.54) is 18.2 Å². The van der Waals surface area contributed by atoms with E-state index in [0.717, 1.165) is 4.31 Å². The molecule has 1 aliphatic heterocycles. The molecule has 0 fully saturated rings. The summed E-state index contributed by atoms with van der Waals surface area (Å²) in [4.78, 5) is 24.3. The lowest BCUT2D eigenvalue weighted by molar-refractivity contribution is 0.0875. The van der Waals surface area contributed by atoms with Gasteiger partial charge in [-0.3, -0.25) is 9.59 Å². The fraction of sp³-hybridized carbons (Fsp3) is 0.176. The van der Waals surface area contributed by atoms with Crippen LogP contribution in [-0.4, -0.2) is 38.2 Å². The van der Waals surface area contributed by atoms with E-state index in [-0.39, 0.29) is 22.6 Å². The van der Waals surface area contributed by atoms with Gasteiger partial charge in [-0.2, -0.15) is 0 Å². The first-order chi connectivity index (χ1) is 11.9. The van der Waals surface area contributed by atoms with Crippen LogP contribution in [0, 0.1) is 0 Å². The van der Waals surface area contributed by atoms with Crippen LogP contribution in [0.3, 0.4) is 0 Å². The lowest BCUT2D eigenvalue weighted by Gasteiger charge is -2.11. The molecule has 0 atom stereocenters. The minimum Gasteiger partial charge on any atom is -0.497 e. The zero-order valence-corrected chi connectivity index (χ0v) is 14.5. The molecule has 0 aromatic heterocycles. The molecule has 0 saturated heterocycles. The molecule has 3 rings (SSSR count). The van der Waals surface area contributed by atoms with Crippen LogP contribution in [0.1, 0.15) is 27.6 Å². The summed E-state index contributed by atoms with van der Waals surface area (Å²) in [5.41, 5.74) is 0.784. The number of sulfonamides is 1. The molecule has 130 valence electrons. The number of carbonyl (C=O) groups excluding carboxylic acids is 2. The van der Waals surface area contributed by atoms with Gasteiger partial charge in [0.15, 0.2) is 0 Å². The monoisotopic (exact) mass is 360 g/mol. The molecule has 0 spiro atoms. The third-order valence-corrected chi connectivity index (χ3v) is 5.80. The van der Waals surface area contributed by atoms with Crippen LogP contribution in [-0.2, 0) is 10.0 Å². The summed E-state index contributed by atoms with van der Waals surface area (Å²) in [6, 6.07) is 10.8. The Labute approximate surface area is 145 Å². The Bertz CT molecular complexity index is 952. The van der Waals surface area contributed by atoms with Crippen molar-refractivity contribution in [3.8, 4) is 5.75 Å². The molecule has 0 saturated carbocycles. The summed E-state index contributed by atoms with van der Waals surface area (Å²) >= 11 is 0. The Kier molecular flexibility index (Phi) is 4.22. The van der Waals surface area contributed by atoms with Gasteiger partial charge in [-0.1, -0.05) is 0 Å². The SMILES string of the molecule is CCN1C(=O)c2ccc(C(=O)Nc3ccc(OC)cc3)cc2S1(=O)=O. The molecule has 2 aromatic carbocycles. The Morgan fingerprint density at radius 1 is 1.16 bits per heavy atom. The number of carbonyl (C=O) groups is 2. The number of nitrogens with zero attached hydrogens (tertiary/aromatic N) is 1. The van der Waals surface area contributed by atoms with Crippen LogP contribution in [0.5, 0.6) is 5.75 Å². The second-order valence-corrected chi connectivity index (χ2v) is 7.20. The highest BCUT2D eigenvalue weighted by Gasteiger charge is 2.40. The second kappa shape index (κ2) is 6.21. The van der Waals surface area contributed by atoms with Crippen molar-refractivity contribution in [1.82, 2.24) is 4.31 Å². The van der Waals surface area contributed by atoms with Crippen LogP contribution in [0.2, 0.25) is 0 Å². The van der Waals surface area contributed by atoms with Crippen LogP contribution in [0.25, 0.3) is 0 Å². The molecular formula is C17H16N2O5S. The Morgan fingerprint density at radius 3 is 2.44 bits per heavy atom. The molecular weight excluding hydrogens is 344 g/mol. The molecule has 1 heterocycles. The highest BCUT2D eigenvalue weighted by atomic mass is 32.2. The van der Waals surface area contributed by atoms with E-state index < -0.39 is 21.8 Å². The van der Waals surface area contributed by atoms with Crippen molar-refractivity contribution in [2.75, 3.05) is 19.0 Å². The van der Waals surface area contributed by atoms with E-state index in [1.54, 1.807) is 38.3 Å². The van der Waals surface area contributed by atoms with Gasteiger partial charge >= 0.3 is 0 Å². The van der Waals surface area contributed by atoms with Gasteiger partial charge in [0.1, 0.15) is 10.6 Å². The quantitative estimate of drug-likeness (QED) is 0.901. The van der Waals surface area contributed by atoms with Gasteiger partial charge in [0.05, 0.1) is 12.7 Å². The van der Waals surface area contributed by atoms with Crippen molar-refractivity contribution in [1.29, 1.82) is 0 Å². The minimum atomic E-state index is -3.90. The van der Waals surface area contributed by atoms with Crippen molar-refractivity contribution in [2.24, 2.45) is 0 Å². The highest BCUT2D eigenvalue weighted by molar-refractivity contribution is 7.90. The fourth-order valence-corrected chi connectivity index (χ4v) is 4.21. The van der Waals surface area contributed by atoms with E-state index in [4.69, 9.17) is 4.74 Å². The molecule has 0 radical (unpaired) electrons. The number of rotatable bonds is 4. The van der Waals surface area contributed by atoms with Crippen LogP contribution < -0.4 is 10.1 Å². The lowest BCUT2D eigenvalue weighted by atomic mass is 10.1. The number of methoxy groups -OCH3 is 1. The summed E-state index contributed by atoms with van der Waals surface area (Å²) in [7, 11) is -2.36. The number of amides is 2. The smallest absolute Gasteiger partial charge is 0.268 e. The number of hydrogen-bond donors (Lipinski definition) is 1. The molecule has 8 heteroatoms. The molecule has 25 heavy (non-hydrogen) atoms. The van der Waals surface area contributed by atoms with Crippen molar-refractivity contribution in [3.05, 3.63) is 53.6 Å². The largest absolute Gasteiger partial charge is 0.497 e. The number of anilines is 1. The number of fused-ring (bicyclic) bond motifs is 1. The predicted molar refractivity (Wildman–Crippen MR) is 91.3 cm³/mol. The lowest BCUT2D eigenvalue weighted by Crippen LogP contribution is -2.29. The Balaban J connectivity index is 1.90. The fourth-order valence-electron chi connectivity index (χ4n) is 2.61.